The van der Waals surface area contributed by atoms with Gasteiger partial charge in [0.05, 0.1) is 29.4 Å². The van der Waals surface area contributed by atoms with Crippen LogP contribution in [0.3, 0.4) is 0 Å². The van der Waals surface area contributed by atoms with Crippen LogP contribution < -0.4 is 23.7 Å². The number of benzene rings is 7. The number of esters is 2. The van der Waals surface area contributed by atoms with E-state index in [9.17, 15) is 33.6 Å². The fourth-order valence-electron chi connectivity index (χ4n) is 17.2. The van der Waals surface area contributed by atoms with Crippen molar-refractivity contribution in [2.24, 2.45) is 35.5 Å². The van der Waals surface area contributed by atoms with Crippen LogP contribution in [0.2, 0.25) is 0 Å². The largest absolute Gasteiger partial charge is 0.494 e. The van der Waals surface area contributed by atoms with E-state index in [0.29, 0.717) is 105 Å². The van der Waals surface area contributed by atoms with Crippen LogP contribution in [0.25, 0.3) is 22.3 Å². The maximum Gasteiger partial charge on any atom is 0.343 e. The molecule has 0 saturated carbocycles. The van der Waals surface area contributed by atoms with Crippen LogP contribution in [-0.2, 0) is 14.4 Å². The fraction of sp³-hybridized carbons (Fsp3) is 0.528. The molecule has 7 aromatic carbocycles. The number of amides is 3. The summed E-state index contributed by atoms with van der Waals surface area (Å²) >= 11 is 0. The van der Waals surface area contributed by atoms with Gasteiger partial charge in [-0.2, -0.15) is 5.26 Å². The highest BCUT2D eigenvalue weighted by Gasteiger charge is 2.39. The van der Waals surface area contributed by atoms with Crippen LogP contribution in [-0.4, -0.2) is 114 Å². The van der Waals surface area contributed by atoms with Crippen molar-refractivity contribution in [3.8, 4) is 57.1 Å². The van der Waals surface area contributed by atoms with Crippen molar-refractivity contribution in [2.45, 2.75) is 280 Å². The van der Waals surface area contributed by atoms with Crippen LogP contribution in [0, 0.1) is 46.8 Å². The molecule has 0 aromatic heterocycles. The highest BCUT2D eigenvalue weighted by molar-refractivity contribution is 5.96. The van der Waals surface area contributed by atoms with Crippen LogP contribution in [0.4, 0.5) is 0 Å². The summed E-state index contributed by atoms with van der Waals surface area (Å²) in [6.45, 7) is 26.8. The maximum atomic E-state index is 13.7. The first-order valence-corrected chi connectivity index (χ1v) is 46.7. The lowest BCUT2D eigenvalue weighted by Gasteiger charge is -2.25. The monoisotopic (exact) mass is 1660 g/mol. The summed E-state index contributed by atoms with van der Waals surface area (Å²) < 4.78 is 29.6. The van der Waals surface area contributed by atoms with Crippen molar-refractivity contribution >= 4 is 41.2 Å². The van der Waals surface area contributed by atoms with Gasteiger partial charge in [-0.25, -0.2) is 9.59 Å². The number of ether oxygens (including phenoxy) is 5. The molecule has 658 valence electrons. The molecule has 8 unspecified atom stereocenters. The second-order valence-corrected chi connectivity index (χ2v) is 34.0. The van der Waals surface area contributed by atoms with Crippen molar-refractivity contribution in [3.63, 3.8) is 0 Å². The molecule has 0 radical (unpaired) electrons. The Balaban J connectivity index is 0.000000229. The number of hydrogen-bond acceptors (Lipinski definition) is 13. The first-order chi connectivity index (χ1) is 59.3. The van der Waals surface area contributed by atoms with E-state index in [2.05, 4.69) is 78.5 Å². The zero-order valence-electron chi connectivity index (χ0n) is 75.3. The third-order valence-electron chi connectivity index (χ3n) is 25.2. The molecule has 3 saturated heterocycles. The highest BCUT2D eigenvalue weighted by Crippen LogP contribution is 2.35. The fourth-order valence-corrected chi connectivity index (χ4v) is 17.2. The zero-order chi connectivity index (χ0) is 87.4. The Kier molecular flexibility index (Phi) is 43.1. The molecule has 0 spiro atoms. The topological polar surface area (TPSA) is 199 Å². The lowest BCUT2D eigenvalue weighted by atomic mass is 9.92. The molecule has 0 N–H and O–H groups in total. The molecule has 10 rings (SSSR count). The maximum absolute atomic E-state index is 13.7. The Labute approximate surface area is 730 Å². The molecule has 0 bridgehead atoms. The molecule has 16 nitrogen and oxygen atoms in total. The minimum atomic E-state index is -0.529. The number of nitrogens with zero attached hydrogens (tertiary/aromatic N) is 4. The number of unbranched alkanes of at least 4 members (excludes halogenated alkanes) is 19. The van der Waals surface area contributed by atoms with E-state index in [1.165, 1.54) is 122 Å². The van der Waals surface area contributed by atoms with Gasteiger partial charge in [-0.3, -0.25) is 24.0 Å². The SMILES string of the molecule is CCC1CN(C(=O)CCCCCCCCCCOc2ccc(-c3ccc(C#N)cc3)cc2)CC1CC.CCCCCCCCCC(Oc1ccc(C(=O)Oc2ccc(-c3ccc(C(C)=O)cc3)cc2)cc1)C(=O)N1CC(CC)C(CC)C1.CCCCCCCCCC(Oc1ccc(C(=O)Oc2ccc(C(C)=O)cc2)cc1)C(=O)N1CC(CC)C(CC)C1. The van der Waals surface area contributed by atoms with E-state index in [0.717, 1.165) is 145 Å². The van der Waals surface area contributed by atoms with E-state index >= 15 is 0 Å². The number of likely N-dealkylation sites (tertiary alicyclic amines) is 3. The summed E-state index contributed by atoms with van der Waals surface area (Å²) in [5.74, 6) is 6.08. The van der Waals surface area contributed by atoms with Gasteiger partial charge in [0.2, 0.25) is 5.91 Å². The minimum absolute atomic E-state index is 0.0301. The van der Waals surface area contributed by atoms with Gasteiger partial charge in [-0.05, 0) is 219 Å². The van der Waals surface area contributed by atoms with Gasteiger partial charge >= 0.3 is 11.9 Å². The van der Waals surface area contributed by atoms with Crippen LogP contribution in [0.15, 0.2) is 170 Å². The predicted octanol–water partition coefficient (Wildman–Crippen LogP) is 25.5. The number of carbonyl (C=O) groups is 7. The normalized spacial score (nSPS) is 17.1. The minimum Gasteiger partial charge on any atom is -0.494 e. The molecule has 0 aliphatic carbocycles. The standard InChI is InChI=1S/C40H51NO5.C34H47NO5.C32H44N2O2/c1-5-8-9-10-11-12-13-14-38(39(43)41-27-30(6-2)31(7-3)28-41)45-36-25-21-35(22-26-36)40(44)46-37-23-19-34(20-24-37)33-17-15-32(16-18-33)29(4)42;1-5-8-9-10-11-12-13-14-32(33(37)35-23-26(6-2)27(7-3)24-35)39-30-21-17-29(18-22-30)34(38)40-31-19-15-28(16-20-31)25(4)36;1-3-27-24-34(25-28(27)4-2)32(35)13-11-9-7-5-6-8-10-12-22-36-31-20-18-30(19-21-31)29-16-14-26(23-33)15-17-29/h15-26,30-31,38H,5-14,27-28H2,1-4H3;15-22,26-27,32H,5-14,23-24H2,1-4H3;14-21,27-28H,3-13,22,24-25H2,1-2H3. The molecule has 122 heavy (non-hydrogen) atoms. The smallest absolute Gasteiger partial charge is 0.343 e. The summed E-state index contributed by atoms with van der Waals surface area (Å²) in [6, 6.07) is 52.8. The zero-order valence-corrected chi connectivity index (χ0v) is 75.3. The van der Waals surface area contributed by atoms with Crippen LogP contribution in [0.1, 0.15) is 315 Å². The molecular formula is C106H142N4O12. The van der Waals surface area contributed by atoms with Gasteiger partial charge in [0, 0.05) is 56.8 Å². The third kappa shape index (κ3) is 32.1. The number of Topliss-reactive ketones (excluding diaryl/α,β-unsaturated/α-hetero) is 2. The molecule has 3 aliphatic rings. The molecule has 7 aromatic rings. The van der Waals surface area contributed by atoms with Crippen molar-refractivity contribution in [3.05, 3.63) is 198 Å². The van der Waals surface area contributed by atoms with Gasteiger partial charge in [0.15, 0.2) is 23.8 Å². The molecule has 3 heterocycles. The number of rotatable bonds is 48. The second kappa shape index (κ2) is 53.9. The van der Waals surface area contributed by atoms with Gasteiger partial charge in [0.25, 0.3) is 11.8 Å². The summed E-state index contributed by atoms with van der Waals surface area (Å²) in [7, 11) is 0. The summed E-state index contributed by atoms with van der Waals surface area (Å²) in [4.78, 5) is 94.6. The van der Waals surface area contributed by atoms with E-state index < -0.39 is 24.1 Å². The summed E-state index contributed by atoms with van der Waals surface area (Å²) in [5.41, 5.74) is 6.86. The molecule has 3 amide bonds. The lowest BCUT2D eigenvalue weighted by Crippen LogP contribution is -2.41. The van der Waals surface area contributed by atoms with E-state index in [-0.39, 0.29) is 23.4 Å². The lowest BCUT2D eigenvalue weighted by molar-refractivity contribution is -0.139. The number of hydrogen-bond donors (Lipinski definition) is 0. The van der Waals surface area contributed by atoms with E-state index in [4.69, 9.17) is 28.9 Å². The van der Waals surface area contributed by atoms with Crippen LogP contribution >= 0.6 is 0 Å². The highest BCUT2D eigenvalue weighted by atomic mass is 16.5. The Morgan fingerprint density at radius 1 is 0.328 bits per heavy atom. The van der Waals surface area contributed by atoms with E-state index in [1.807, 2.05) is 82.6 Å². The Bertz CT molecular complexity index is 4250. The van der Waals surface area contributed by atoms with Crippen LogP contribution in [0.5, 0.6) is 28.7 Å². The average Bonchev–Trinajstić information content (AvgIpc) is 1.77. The number of carbonyl (C=O) groups excluding carboxylic acids is 7. The average molecular weight is 1660 g/mol. The van der Waals surface area contributed by atoms with Crippen molar-refractivity contribution in [1.82, 2.24) is 14.7 Å². The molecule has 16 heteroatoms. The Morgan fingerprint density at radius 3 is 0.951 bits per heavy atom. The number of nitriles is 1. The van der Waals surface area contributed by atoms with Crippen molar-refractivity contribution < 1.29 is 57.2 Å². The molecule has 3 aliphatic heterocycles. The first-order valence-electron chi connectivity index (χ1n) is 46.7. The Morgan fingerprint density at radius 2 is 0.607 bits per heavy atom. The quantitative estimate of drug-likeness (QED) is 0.0151. The van der Waals surface area contributed by atoms with Crippen molar-refractivity contribution in [1.29, 1.82) is 5.26 Å². The van der Waals surface area contributed by atoms with Gasteiger partial charge < -0.3 is 38.4 Å². The molecule has 3 fully saturated rings. The van der Waals surface area contributed by atoms with Gasteiger partial charge in [-0.15, -0.1) is 0 Å². The third-order valence-corrected chi connectivity index (χ3v) is 25.2. The van der Waals surface area contributed by atoms with Gasteiger partial charge in [-0.1, -0.05) is 270 Å². The molecule has 8 atom stereocenters. The second-order valence-electron chi connectivity index (χ2n) is 34.0. The Hall–Kier alpha value is -9.88. The van der Waals surface area contributed by atoms with Gasteiger partial charge in [0.1, 0.15) is 28.7 Å². The summed E-state index contributed by atoms with van der Waals surface area (Å²) in [5, 5.41) is 8.92. The first kappa shape index (κ1) is 97.6. The predicted molar refractivity (Wildman–Crippen MR) is 491 cm³/mol. The summed E-state index contributed by atoms with van der Waals surface area (Å²) in [6.07, 6.45) is 33.9. The van der Waals surface area contributed by atoms with Crippen molar-refractivity contribution in [2.75, 3.05) is 45.9 Å². The number of ketones is 2. The van der Waals surface area contributed by atoms with E-state index in [1.54, 1.807) is 91.9 Å². The molecular weight excluding hydrogens is 1520 g/mol.